The SMILES string of the molecule is CC1(Cl)C=CC(Nc2ccc3c4cc(Cl)c(Cl)cc4n(CCN=C(N)N)c3c2)=CC1. The summed E-state index contributed by atoms with van der Waals surface area (Å²) in [7, 11) is 0. The third-order valence-electron chi connectivity index (χ3n) is 5.15. The molecule has 8 heteroatoms. The predicted octanol–water partition coefficient (Wildman–Crippen LogP) is 5.63. The number of aliphatic imine (C=N–C) groups is 1. The maximum atomic E-state index is 6.37. The first-order chi connectivity index (χ1) is 14.2. The quantitative estimate of drug-likeness (QED) is 0.261. The molecule has 5 N–H and O–H groups in total. The van der Waals surface area contributed by atoms with Crippen LogP contribution in [0.3, 0.4) is 0 Å². The van der Waals surface area contributed by atoms with E-state index in [1.165, 1.54) is 0 Å². The van der Waals surface area contributed by atoms with Gasteiger partial charge in [0.1, 0.15) is 0 Å². The molecule has 1 heterocycles. The fourth-order valence-electron chi connectivity index (χ4n) is 3.65. The van der Waals surface area contributed by atoms with Crippen LogP contribution in [0.1, 0.15) is 13.3 Å². The fraction of sp³-hybridized carbons (Fsp3) is 0.227. The van der Waals surface area contributed by atoms with E-state index in [4.69, 9.17) is 46.3 Å². The Labute approximate surface area is 190 Å². The van der Waals surface area contributed by atoms with Crippen LogP contribution < -0.4 is 16.8 Å². The van der Waals surface area contributed by atoms with Gasteiger partial charge in [-0.05, 0) is 43.7 Å². The molecule has 2 aromatic carbocycles. The first-order valence-corrected chi connectivity index (χ1v) is 10.7. The Balaban J connectivity index is 1.77. The Morgan fingerprint density at radius 2 is 1.87 bits per heavy atom. The number of guanidine groups is 1. The maximum absolute atomic E-state index is 6.37. The zero-order valence-electron chi connectivity index (χ0n) is 16.4. The van der Waals surface area contributed by atoms with E-state index in [0.717, 1.165) is 39.6 Å². The average molecular weight is 463 g/mol. The lowest BCUT2D eigenvalue weighted by Gasteiger charge is -2.21. The lowest BCUT2D eigenvalue weighted by molar-refractivity contribution is 0.757. The van der Waals surface area contributed by atoms with Gasteiger partial charge in [0.2, 0.25) is 0 Å². The molecule has 0 spiro atoms. The van der Waals surface area contributed by atoms with Crippen LogP contribution in [-0.2, 0) is 6.54 Å². The molecule has 0 fully saturated rings. The summed E-state index contributed by atoms with van der Waals surface area (Å²) in [6, 6.07) is 10.0. The van der Waals surface area contributed by atoms with Crippen molar-refractivity contribution in [1.29, 1.82) is 0 Å². The Hall–Kier alpha value is -2.34. The van der Waals surface area contributed by atoms with Gasteiger partial charge in [-0.15, -0.1) is 11.6 Å². The summed E-state index contributed by atoms with van der Waals surface area (Å²) in [4.78, 5) is 3.80. The van der Waals surface area contributed by atoms with Gasteiger partial charge in [-0.3, -0.25) is 4.99 Å². The monoisotopic (exact) mass is 461 g/mol. The number of anilines is 1. The number of hydrogen-bond donors (Lipinski definition) is 3. The number of nitrogens with two attached hydrogens (primary N) is 2. The van der Waals surface area contributed by atoms with Crippen LogP contribution >= 0.6 is 34.8 Å². The lowest BCUT2D eigenvalue weighted by atomic mass is 10.0. The molecule has 3 aromatic rings. The molecule has 1 aromatic heterocycles. The topological polar surface area (TPSA) is 81.4 Å². The van der Waals surface area contributed by atoms with Crippen LogP contribution in [0.25, 0.3) is 21.8 Å². The number of nitrogens with zero attached hydrogens (tertiary/aromatic N) is 2. The molecule has 30 heavy (non-hydrogen) atoms. The molecule has 5 nitrogen and oxygen atoms in total. The van der Waals surface area contributed by atoms with E-state index in [9.17, 15) is 0 Å². The van der Waals surface area contributed by atoms with Gasteiger partial charge in [0.15, 0.2) is 5.96 Å². The van der Waals surface area contributed by atoms with E-state index < -0.39 is 0 Å². The number of aromatic nitrogens is 1. The number of rotatable bonds is 5. The summed E-state index contributed by atoms with van der Waals surface area (Å²) in [5.74, 6) is 0.0708. The molecule has 0 amide bonds. The van der Waals surface area contributed by atoms with Gasteiger partial charge in [-0.1, -0.05) is 41.4 Å². The lowest BCUT2D eigenvalue weighted by Crippen LogP contribution is -2.23. The standard InChI is InChI=1S/C22H22Cl3N5/c1-22(25)6-4-13(5-7-22)29-14-2-3-15-16-11-17(23)18(24)12-20(16)30(19(15)10-14)9-8-28-21(26)27/h2-6,10-12,29H,7-9H2,1H3,(H4,26,27,28). The van der Waals surface area contributed by atoms with E-state index in [1.807, 2.05) is 37.3 Å². The number of alkyl halides is 1. The summed E-state index contributed by atoms with van der Waals surface area (Å²) in [5.41, 5.74) is 15.0. The highest BCUT2D eigenvalue weighted by molar-refractivity contribution is 6.43. The van der Waals surface area contributed by atoms with Gasteiger partial charge >= 0.3 is 0 Å². The molecule has 4 rings (SSSR count). The maximum Gasteiger partial charge on any atom is 0.185 e. The van der Waals surface area contributed by atoms with Crippen molar-refractivity contribution in [1.82, 2.24) is 4.57 Å². The first-order valence-electron chi connectivity index (χ1n) is 9.55. The molecule has 0 bridgehead atoms. The molecule has 0 radical (unpaired) electrons. The highest BCUT2D eigenvalue weighted by Crippen LogP contribution is 2.36. The summed E-state index contributed by atoms with van der Waals surface area (Å²) in [6.45, 7) is 3.06. The van der Waals surface area contributed by atoms with E-state index >= 15 is 0 Å². The number of halogens is 3. The van der Waals surface area contributed by atoms with Gasteiger partial charge in [0.25, 0.3) is 0 Å². The van der Waals surface area contributed by atoms with Crippen molar-refractivity contribution >= 4 is 68.3 Å². The molecular weight excluding hydrogens is 441 g/mol. The van der Waals surface area contributed by atoms with Crippen molar-refractivity contribution in [3.05, 3.63) is 64.3 Å². The second-order valence-corrected chi connectivity index (χ2v) is 9.25. The van der Waals surface area contributed by atoms with E-state index in [0.29, 0.717) is 23.1 Å². The van der Waals surface area contributed by atoms with Crippen LogP contribution in [0.2, 0.25) is 10.0 Å². The van der Waals surface area contributed by atoms with Crippen LogP contribution in [0.4, 0.5) is 5.69 Å². The van der Waals surface area contributed by atoms with E-state index in [2.05, 4.69) is 33.1 Å². The number of allylic oxidation sites excluding steroid dienone is 3. The second kappa shape index (κ2) is 8.06. The molecule has 0 aliphatic heterocycles. The highest BCUT2D eigenvalue weighted by Gasteiger charge is 2.19. The van der Waals surface area contributed by atoms with Crippen LogP contribution in [0, 0.1) is 0 Å². The van der Waals surface area contributed by atoms with Gasteiger partial charge in [0.05, 0.1) is 32.5 Å². The van der Waals surface area contributed by atoms with Gasteiger partial charge in [-0.2, -0.15) is 0 Å². The third-order valence-corrected chi connectivity index (χ3v) is 6.15. The van der Waals surface area contributed by atoms with Crippen molar-refractivity contribution in [3.8, 4) is 0 Å². The summed E-state index contributed by atoms with van der Waals surface area (Å²) in [5, 5.41) is 6.61. The molecule has 1 atom stereocenters. The second-order valence-electron chi connectivity index (χ2n) is 7.57. The van der Waals surface area contributed by atoms with E-state index in [1.54, 1.807) is 0 Å². The molecule has 156 valence electrons. The van der Waals surface area contributed by atoms with Crippen LogP contribution in [-0.4, -0.2) is 21.9 Å². The van der Waals surface area contributed by atoms with Crippen LogP contribution in [0.5, 0.6) is 0 Å². The zero-order chi connectivity index (χ0) is 21.5. The largest absolute Gasteiger partial charge is 0.370 e. The summed E-state index contributed by atoms with van der Waals surface area (Å²) < 4.78 is 2.16. The van der Waals surface area contributed by atoms with Crippen molar-refractivity contribution < 1.29 is 0 Å². The minimum Gasteiger partial charge on any atom is -0.370 e. The molecule has 1 unspecified atom stereocenters. The summed E-state index contributed by atoms with van der Waals surface area (Å²) in [6.07, 6.45) is 6.89. The molecular formula is C22H22Cl3N5. The number of nitrogens with one attached hydrogen (secondary N) is 1. The van der Waals surface area contributed by atoms with Crippen molar-refractivity contribution in [2.24, 2.45) is 16.5 Å². The van der Waals surface area contributed by atoms with E-state index in [-0.39, 0.29) is 10.8 Å². The molecule has 1 aliphatic rings. The fourth-order valence-corrected chi connectivity index (χ4v) is 4.12. The minimum atomic E-state index is -0.328. The Kier molecular flexibility index (Phi) is 5.62. The Morgan fingerprint density at radius 3 is 2.57 bits per heavy atom. The smallest absolute Gasteiger partial charge is 0.185 e. The third kappa shape index (κ3) is 4.24. The van der Waals surface area contributed by atoms with Crippen molar-refractivity contribution in [2.45, 2.75) is 24.8 Å². The first kappa shape index (κ1) is 20.9. The van der Waals surface area contributed by atoms with Crippen molar-refractivity contribution in [2.75, 3.05) is 11.9 Å². The normalized spacial score (nSPS) is 18.6. The average Bonchev–Trinajstić information content (AvgIpc) is 2.96. The van der Waals surface area contributed by atoms with Gasteiger partial charge in [-0.25, -0.2) is 0 Å². The number of benzene rings is 2. The predicted molar refractivity (Wildman–Crippen MR) is 130 cm³/mol. The molecule has 0 saturated heterocycles. The minimum absolute atomic E-state index is 0.0708. The number of hydrogen-bond acceptors (Lipinski definition) is 2. The Bertz CT molecular complexity index is 1220. The zero-order valence-corrected chi connectivity index (χ0v) is 18.7. The molecule has 1 aliphatic carbocycles. The van der Waals surface area contributed by atoms with Gasteiger partial charge < -0.3 is 21.4 Å². The highest BCUT2D eigenvalue weighted by atomic mass is 35.5. The number of fused-ring (bicyclic) bond motifs is 3. The molecule has 0 saturated carbocycles. The summed E-state index contributed by atoms with van der Waals surface area (Å²) >= 11 is 19.0. The van der Waals surface area contributed by atoms with Crippen LogP contribution in [0.15, 0.2) is 59.2 Å². The Morgan fingerprint density at radius 1 is 1.13 bits per heavy atom. The van der Waals surface area contributed by atoms with Gasteiger partial charge in [0, 0.05) is 28.7 Å². The van der Waals surface area contributed by atoms with Crippen molar-refractivity contribution in [3.63, 3.8) is 0 Å².